The van der Waals surface area contributed by atoms with Crippen molar-refractivity contribution >= 4 is 34.8 Å². The van der Waals surface area contributed by atoms with Crippen molar-refractivity contribution in [2.24, 2.45) is 0 Å². The van der Waals surface area contributed by atoms with E-state index >= 15 is 0 Å². The largest absolute Gasteiger partial charge is 0.497 e. The summed E-state index contributed by atoms with van der Waals surface area (Å²) < 4.78 is 10.5. The SMILES string of the molecule is CCc1ccc(NC2=C(Cl)C(=O)N(c3ccc(OC)cc3OC)C2=O)cc1. The second-order valence-corrected chi connectivity index (χ2v) is 6.23. The summed E-state index contributed by atoms with van der Waals surface area (Å²) in [6.07, 6.45) is 0.909. The van der Waals surface area contributed by atoms with Gasteiger partial charge in [-0.05, 0) is 36.2 Å². The smallest absolute Gasteiger partial charge is 0.283 e. The maximum absolute atomic E-state index is 12.9. The van der Waals surface area contributed by atoms with Gasteiger partial charge in [0.05, 0.1) is 19.9 Å². The van der Waals surface area contributed by atoms with Crippen LogP contribution in [0.3, 0.4) is 0 Å². The number of carbonyl (C=O) groups excluding carboxylic acids is 2. The Kier molecular flexibility index (Phi) is 5.37. The number of ether oxygens (including phenoxy) is 2. The van der Waals surface area contributed by atoms with Gasteiger partial charge in [-0.3, -0.25) is 9.59 Å². The highest BCUT2D eigenvalue weighted by Gasteiger charge is 2.40. The number of halogens is 1. The van der Waals surface area contributed by atoms with Crippen LogP contribution in [0.2, 0.25) is 0 Å². The van der Waals surface area contributed by atoms with Gasteiger partial charge in [-0.25, -0.2) is 4.90 Å². The quantitative estimate of drug-likeness (QED) is 0.766. The summed E-state index contributed by atoms with van der Waals surface area (Å²) in [5.41, 5.74) is 2.16. The van der Waals surface area contributed by atoms with Crippen molar-refractivity contribution in [1.82, 2.24) is 0 Å². The highest BCUT2D eigenvalue weighted by molar-refractivity contribution is 6.53. The molecule has 6 nitrogen and oxygen atoms in total. The Bertz CT molecular complexity index is 922. The normalized spacial score (nSPS) is 14.0. The highest BCUT2D eigenvalue weighted by atomic mass is 35.5. The minimum absolute atomic E-state index is 0.0313. The van der Waals surface area contributed by atoms with Gasteiger partial charge in [-0.15, -0.1) is 0 Å². The van der Waals surface area contributed by atoms with E-state index in [-0.39, 0.29) is 10.7 Å². The lowest BCUT2D eigenvalue weighted by atomic mass is 10.1. The van der Waals surface area contributed by atoms with E-state index in [4.69, 9.17) is 21.1 Å². The third kappa shape index (κ3) is 3.48. The van der Waals surface area contributed by atoms with Crippen molar-refractivity contribution in [3.05, 3.63) is 58.8 Å². The molecule has 0 bridgehead atoms. The zero-order valence-corrected chi connectivity index (χ0v) is 16.0. The summed E-state index contributed by atoms with van der Waals surface area (Å²) in [6, 6.07) is 12.4. The van der Waals surface area contributed by atoms with Crippen LogP contribution in [0.4, 0.5) is 11.4 Å². The summed E-state index contributed by atoms with van der Waals surface area (Å²) in [6.45, 7) is 2.06. The van der Waals surface area contributed by atoms with Crippen molar-refractivity contribution in [2.45, 2.75) is 13.3 Å². The van der Waals surface area contributed by atoms with Crippen LogP contribution in [0.25, 0.3) is 0 Å². The number of hydrogen-bond acceptors (Lipinski definition) is 5. The van der Waals surface area contributed by atoms with Gasteiger partial charge in [0.15, 0.2) is 0 Å². The molecule has 0 fully saturated rings. The molecule has 1 N–H and O–H groups in total. The van der Waals surface area contributed by atoms with Gasteiger partial charge in [0.25, 0.3) is 11.8 Å². The molecule has 0 atom stereocenters. The first-order valence-corrected chi connectivity index (χ1v) is 8.74. The van der Waals surface area contributed by atoms with E-state index in [0.717, 1.165) is 11.3 Å². The lowest BCUT2D eigenvalue weighted by molar-refractivity contribution is -0.120. The average Bonchev–Trinajstić information content (AvgIpc) is 2.91. The molecule has 0 saturated heterocycles. The van der Waals surface area contributed by atoms with Crippen LogP contribution in [0.5, 0.6) is 11.5 Å². The topological polar surface area (TPSA) is 67.9 Å². The van der Waals surface area contributed by atoms with E-state index in [2.05, 4.69) is 12.2 Å². The molecule has 7 heteroatoms. The first-order valence-electron chi connectivity index (χ1n) is 8.36. The van der Waals surface area contributed by atoms with Crippen LogP contribution in [0.1, 0.15) is 12.5 Å². The van der Waals surface area contributed by atoms with Crippen molar-refractivity contribution < 1.29 is 19.1 Å². The van der Waals surface area contributed by atoms with Gasteiger partial charge in [0.1, 0.15) is 22.2 Å². The van der Waals surface area contributed by atoms with Gasteiger partial charge < -0.3 is 14.8 Å². The standard InChI is InChI=1S/C20H19ClN2O4/c1-4-12-5-7-13(8-6-12)22-18-17(21)19(24)23(20(18)25)15-10-9-14(26-2)11-16(15)27-3/h5-11,22H,4H2,1-3H3. The molecule has 1 heterocycles. The fourth-order valence-corrected chi connectivity index (χ4v) is 2.98. The molecule has 27 heavy (non-hydrogen) atoms. The molecule has 0 saturated carbocycles. The number of rotatable bonds is 6. The number of methoxy groups -OCH3 is 2. The Balaban J connectivity index is 1.91. The number of nitrogens with zero attached hydrogens (tertiary/aromatic N) is 1. The first-order chi connectivity index (χ1) is 13.0. The van der Waals surface area contributed by atoms with Crippen molar-refractivity contribution in [2.75, 3.05) is 24.4 Å². The summed E-state index contributed by atoms with van der Waals surface area (Å²) >= 11 is 6.17. The second kappa shape index (κ2) is 7.72. The van der Waals surface area contributed by atoms with Crippen molar-refractivity contribution in [3.63, 3.8) is 0 Å². The first kappa shape index (κ1) is 18.8. The minimum Gasteiger partial charge on any atom is -0.497 e. The summed E-state index contributed by atoms with van der Waals surface area (Å²) in [4.78, 5) is 26.5. The molecule has 2 aromatic carbocycles. The molecule has 0 aromatic heterocycles. The van der Waals surface area contributed by atoms with Crippen molar-refractivity contribution in [3.8, 4) is 11.5 Å². The molecular weight excluding hydrogens is 368 g/mol. The van der Waals surface area contributed by atoms with Gasteiger partial charge in [0.2, 0.25) is 0 Å². The molecule has 140 valence electrons. The molecular formula is C20H19ClN2O4. The predicted molar refractivity (Wildman–Crippen MR) is 104 cm³/mol. The number of amides is 2. The van der Waals surface area contributed by atoms with Gasteiger partial charge in [-0.1, -0.05) is 30.7 Å². The Labute approximate surface area is 162 Å². The molecule has 2 amide bonds. The van der Waals surface area contributed by atoms with Crippen LogP contribution in [0.15, 0.2) is 53.2 Å². The monoisotopic (exact) mass is 386 g/mol. The van der Waals surface area contributed by atoms with Crippen LogP contribution in [-0.2, 0) is 16.0 Å². The molecule has 0 spiro atoms. The lowest BCUT2D eigenvalue weighted by Crippen LogP contribution is -2.32. The third-order valence-corrected chi connectivity index (χ3v) is 4.64. The Morgan fingerprint density at radius 2 is 1.70 bits per heavy atom. The molecule has 1 aliphatic heterocycles. The highest BCUT2D eigenvalue weighted by Crippen LogP contribution is 2.37. The lowest BCUT2D eigenvalue weighted by Gasteiger charge is -2.18. The van der Waals surface area contributed by atoms with E-state index in [9.17, 15) is 9.59 Å². The molecule has 2 aromatic rings. The average molecular weight is 387 g/mol. The Hall–Kier alpha value is -2.99. The molecule has 0 radical (unpaired) electrons. The molecule has 0 unspecified atom stereocenters. The summed E-state index contributed by atoms with van der Waals surface area (Å²) in [5.74, 6) is -0.289. The fraction of sp³-hybridized carbons (Fsp3) is 0.200. The van der Waals surface area contributed by atoms with Crippen LogP contribution in [0, 0.1) is 0 Å². The number of benzene rings is 2. The third-order valence-electron chi connectivity index (χ3n) is 4.29. The number of hydrogen-bond donors (Lipinski definition) is 1. The van der Waals surface area contributed by atoms with E-state index < -0.39 is 11.8 Å². The number of carbonyl (C=O) groups is 2. The second-order valence-electron chi connectivity index (χ2n) is 5.85. The minimum atomic E-state index is -0.613. The Morgan fingerprint density at radius 1 is 1.00 bits per heavy atom. The number of anilines is 2. The molecule has 3 rings (SSSR count). The maximum Gasteiger partial charge on any atom is 0.283 e. The molecule has 0 aliphatic carbocycles. The van der Waals surface area contributed by atoms with E-state index in [0.29, 0.717) is 22.9 Å². The predicted octanol–water partition coefficient (Wildman–Crippen LogP) is 3.70. The Morgan fingerprint density at radius 3 is 2.30 bits per heavy atom. The van der Waals surface area contributed by atoms with Gasteiger partial charge in [-0.2, -0.15) is 0 Å². The molecule has 1 aliphatic rings. The zero-order valence-electron chi connectivity index (χ0n) is 15.2. The number of nitrogens with one attached hydrogen (secondary N) is 1. The van der Waals surface area contributed by atoms with Gasteiger partial charge >= 0.3 is 0 Å². The van der Waals surface area contributed by atoms with Crippen LogP contribution in [-0.4, -0.2) is 26.0 Å². The van der Waals surface area contributed by atoms with E-state index in [1.54, 1.807) is 18.2 Å². The van der Waals surface area contributed by atoms with E-state index in [1.807, 2.05) is 24.3 Å². The van der Waals surface area contributed by atoms with Crippen LogP contribution < -0.4 is 19.7 Å². The van der Waals surface area contributed by atoms with Crippen molar-refractivity contribution in [1.29, 1.82) is 0 Å². The maximum atomic E-state index is 12.9. The summed E-state index contributed by atoms with van der Waals surface area (Å²) in [5, 5.41) is 2.78. The summed E-state index contributed by atoms with van der Waals surface area (Å²) in [7, 11) is 2.97. The van der Waals surface area contributed by atoms with Gasteiger partial charge in [0, 0.05) is 11.8 Å². The number of aryl methyl sites for hydroxylation is 1. The van der Waals surface area contributed by atoms with E-state index in [1.165, 1.54) is 19.8 Å². The number of imide groups is 1. The van der Waals surface area contributed by atoms with Crippen LogP contribution >= 0.6 is 11.6 Å². The fourth-order valence-electron chi connectivity index (χ4n) is 2.77. The zero-order chi connectivity index (χ0) is 19.6.